The summed E-state index contributed by atoms with van der Waals surface area (Å²) in [4.78, 5) is 20.2. The van der Waals surface area contributed by atoms with Crippen LogP contribution in [0.25, 0.3) is 0 Å². The van der Waals surface area contributed by atoms with Gasteiger partial charge in [0.05, 0.1) is 0 Å². The molecule has 0 radical (unpaired) electrons. The van der Waals surface area contributed by atoms with Crippen LogP contribution in [0.3, 0.4) is 0 Å². The monoisotopic (exact) mass is 195 g/mol. The third-order valence-corrected chi connectivity index (χ3v) is 0.618. The van der Waals surface area contributed by atoms with E-state index in [1.165, 1.54) is 6.20 Å². The summed E-state index contributed by atoms with van der Waals surface area (Å²) < 4.78 is 20.8. The maximum absolute atomic E-state index is 10.4. The number of carboxylic acid groups (broad SMARTS) is 1. The van der Waals surface area contributed by atoms with E-state index in [1.54, 1.807) is 19.0 Å². The first kappa shape index (κ1) is 14.1. The van der Waals surface area contributed by atoms with Crippen LogP contribution in [-0.2, 0) is 9.59 Å². The molecule has 1 N–H and O–H groups in total. The highest BCUT2D eigenvalue weighted by Crippen LogP contribution is 1.80. The van der Waals surface area contributed by atoms with Gasteiger partial charge in [0.1, 0.15) is 0 Å². The molecule has 0 fully saturated rings. The summed E-state index contributed by atoms with van der Waals surface area (Å²) >= 11 is 0. The van der Waals surface area contributed by atoms with Gasteiger partial charge in [-0.1, -0.05) is 0 Å². The van der Waals surface area contributed by atoms with Crippen molar-refractivity contribution in [2.45, 2.75) is 6.43 Å². The van der Waals surface area contributed by atoms with Gasteiger partial charge >= 0.3 is 5.97 Å². The number of nitrogens with zero attached hydrogens (tertiary/aromatic N) is 1. The zero-order valence-corrected chi connectivity index (χ0v) is 7.28. The van der Waals surface area contributed by atoms with E-state index in [-0.39, 0.29) is 0 Å². The molecule has 13 heavy (non-hydrogen) atoms. The average molecular weight is 195 g/mol. The molecule has 0 aliphatic carbocycles. The first-order chi connectivity index (χ1) is 5.90. The molecule has 0 aliphatic heterocycles. The second-order valence-corrected chi connectivity index (χ2v) is 2.09. The van der Waals surface area contributed by atoms with Gasteiger partial charge in [0.2, 0.25) is 0 Å². The van der Waals surface area contributed by atoms with Crippen molar-refractivity contribution in [2.75, 3.05) is 14.1 Å². The molecule has 0 saturated carbocycles. The van der Waals surface area contributed by atoms with Crippen molar-refractivity contribution in [1.82, 2.24) is 4.90 Å². The maximum atomic E-state index is 10.4. The summed E-state index contributed by atoms with van der Waals surface area (Å²) in [5, 5.41) is 8.05. The van der Waals surface area contributed by atoms with E-state index in [4.69, 9.17) is 9.90 Å². The number of carbonyl (C=O) groups excluding carboxylic acids is 1. The molecule has 0 bridgehead atoms. The number of rotatable bonds is 3. The van der Waals surface area contributed by atoms with Crippen LogP contribution in [0.2, 0.25) is 0 Å². The van der Waals surface area contributed by atoms with E-state index < -0.39 is 18.7 Å². The van der Waals surface area contributed by atoms with Gasteiger partial charge in [-0.05, 0) is 0 Å². The lowest BCUT2D eigenvalue weighted by Crippen LogP contribution is -2.01. The van der Waals surface area contributed by atoms with Crippen molar-refractivity contribution in [1.29, 1.82) is 0 Å². The van der Waals surface area contributed by atoms with Crippen LogP contribution in [0.15, 0.2) is 12.3 Å². The molecule has 0 aliphatic rings. The Labute approximate surface area is 74.5 Å². The van der Waals surface area contributed by atoms with E-state index in [9.17, 15) is 13.6 Å². The summed E-state index contributed by atoms with van der Waals surface area (Å²) in [5.41, 5.74) is 0. The fourth-order valence-corrected chi connectivity index (χ4v) is 0.213. The predicted molar refractivity (Wildman–Crippen MR) is 42.5 cm³/mol. The summed E-state index contributed by atoms with van der Waals surface area (Å²) in [6.45, 7) is 0. The molecule has 0 heterocycles. The molecule has 76 valence electrons. The van der Waals surface area contributed by atoms with Gasteiger partial charge < -0.3 is 10.0 Å². The number of halogens is 2. The Morgan fingerprint density at radius 2 is 1.85 bits per heavy atom. The molecule has 0 atom stereocenters. The van der Waals surface area contributed by atoms with Gasteiger partial charge in [0.15, 0.2) is 6.29 Å². The third-order valence-electron chi connectivity index (χ3n) is 0.618. The van der Waals surface area contributed by atoms with Crippen LogP contribution in [0.1, 0.15) is 0 Å². The van der Waals surface area contributed by atoms with Gasteiger partial charge in [0.25, 0.3) is 6.43 Å². The molecular weight excluding hydrogens is 184 g/mol. The van der Waals surface area contributed by atoms with Crippen molar-refractivity contribution >= 4 is 12.3 Å². The molecule has 0 aromatic carbocycles. The van der Waals surface area contributed by atoms with Gasteiger partial charge in [-0.2, -0.15) is 0 Å². The standard InChI is InChI=1S/C5H9NO2.C2H2F2O/c1-6(2)4-3-5(7)8;3-2(4)1-5/h3-4H,1-2H3,(H,7,8);1-2H. The average Bonchev–Trinajstić information content (AvgIpc) is 2.02. The van der Waals surface area contributed by atoms with Crippen molar-refractivity contribution in [3.05, 3.63) is 12.3 Å². The third kappa shape index (κ3) is 25.0. The predicted octanol–water partition coefficient (Wildman–Crippen LogP) is 0.597. The van der Waals surface area contributed by atoms with E-state index in [0.29, 0.717) is 0 Å². The number of hydrogen-bond acceptors (Lipinski definition) is 3. The lowest BCUT2D eigenvalue weighted by Gasteiger charge is -2.00. The Bertz CT molecular complexity index is 181. The summed E-state index contributed by atoms with van der Waals surface area (Å²) in [5.74, 6) is -0.918. The minimum absolute atomic E-state index is 0.417. The second-order valence-electron chi connectivity index (χ2n) is 2.09. The molecule has 6 heteroatoms. The smallest absolute Gasteiger partial charge is 0.329 e. The van der Waals surface area contributed by atoms with Crippen molar-refractivity contribution < 1.29 is 23.5 Å². The van der Waals surface area contributed by atoms with Crippen LogP contribution in [0.4, 0.5) is 8.78 Å². The zero-order valence-electron chi connectivity index (χ0n) is 7.28. The highest BCUT2D eigenvalue weighted by molar-refractivity contribution is 5.79. The lowest BCUT2D eigenvalue weighted by atomic mass is 10.6. The molecule has 0 aromatic heterocycles. The van der Waals surface area contributed by atoms with E-state index in [1.807, 2.05) is 0 Å². The van der Waals surface area contributed by atoms with Crippen LogP contribution in [0.5, 0.6) is 0 Å². The topological polar surface area (TPSA) is 57.6 Å². The van der Waals surface area contributed by atoms with Crippen LogP contribution < -0.4 is 0 Å². The largest absolute Gasteiger partial charge is 0.478 e. The Balaban J connectivity index is 0. The number of carbonyl (C=O) groups is 2. The van der Waals surface area contributed by atoms with Crippen LogP contribution in [-0.4, -0.2) is 42.8 Å². The molecule has 0 amide bonds. The fourth-order valence-electron chi connectivity index (χ4n) is 0.213. The fraction of sp³-hybridized carbons (Fsp3) is 0.429. The summed E-state index contributed by atoms with van der Waals surface area (Å²) in [7, 11) is 3.53. The van der Waals surface area contributed by atoms with E-state index in [2.05, 4.69) is 0 Å². The Hall–Kier alpha value is -1.46. The van der Waals surface area contributed by atoms with Gasteiger partial charge in [-0.15, -0.1) is 0 Å². The quantitative estimate of drug-likeness (QED) is 0.529. The summed E-state index contributed by atoms with van der Waals surface area (Å²) in [6.07, 6.45) is -0.655. The second kappa shape index (κ2) is 8.63. The first-order valence-corrected chi connectivity index (χ1v) is 3.21. The molecule has 0 unspecified atom stereocenters. The Morgan fingerprint density at radius 3 is 1.92 bits per heavy atom. The van der Waals surface area contributed by atoms with Crippen molar-refractivity contribution in [2.24, 2.45) is 0 Å². The summed E-state index contributed by atoms with van der Waals surface area (Å²) in [6, 6.07) is 0. The molecule has 0 saturated heterocycles. The van der Waals surface area contributed by atoms with Gasteiger partial charge in [-0.3, -0.25) is 4.79 Å². The lowest BCUT2D eigenvalue weighted by molar-refractivity contribution is -0.131. The number of carboxylic acids is 1. The van der Waals surface area contributed by atoms with E-state index >= 15 is 0 Å². The van der Waals surface area contributed by atoms with E-state index in [0.717, 1.165) is 6.08 Å². The number of hydrogen-bond donors (Lipinski definition) is 1. The first-order valence-electron chi connectivity index (χ1n) is 3.21. The van der Waals surface area contributed by atoms with Crippen molar-refractivity contribution in [3.8, 4) is 0 Å². The molecule has 0 aromatic rings. The molecule has 0 rings (SSSR count). The minimum atomic E-state index is -2.80. The number of alkyl halides is 2. The Kier molecular flexibility index (Phi) is 9.36. The molecule has 4 nitrogen and oxygen atoms in total. The Morgan fingerprint density at radius 1 is 1.46 bits per heavy atom. The minimum Gasteiger partial charge on any atom is -0.478 e. The molecule has 0 spiro atoms. The number of aldehydes is 1. The number of aliphatic carboxylic acids is 1. The van der Waals surface area contributed by atoms with Gasteiger partial charge in [-0.25, -0.2) is 13.6 Å². The molecular formula is C7H11F2NO3. The highest BCUT2D eigenvalue weighted by atomic mass is 19.3. The highest BCUT2D eigenvalue weighted by Gasteiger charge is 1.91. The van der Waals surface area contributed by atoms with Crippen molar-refractivity contribution in [3.63, 3.8) is 0 Å². The van der Waals surface area contributed by atoms with Crippen LogP contribution >= 0.6 is 0 Å². The van der Waals surface area contributed by atoms with Gasteiger partial charge in [0, 0.05) is 26.4 Å². The SMILES string of the molecule is CN(C)C=CC(=O)O.O=CC(F)F. The van der Waals surface area contributed by atoms with Crippen LogP contribution in [0, 0.1) is 0 Å². The maximum Gasteiger partial charge on any atom is 0.329 e. The normalized spacial score (nSPS) is 9.31. The zero-order chi connectivity index (χ0) is 10.9.